The number of benzene rings is 1. The number of carbonyl (C=O) groups excluding carboxylic acids is 1. The summed E-state index contributed by atoms with van der Waals surface area (Å²) < 4.78 is 0. The number of nitrogens with zero attached hydrogens (tertiary/aromatic N) is 2. The Bertz CT molecular complexity index is 614. The van der Waals surface area contributed by atoms with Gasteiger partial charge in [0, 0.05) is 19.2 Å². The molecule has 1 aliphatic rings. The molecule has 0 radical (unpaired) electrons. The van der Waals surface area contributed by atoms with Crippen molar-refractivity contribution in [2.45, 2.75) is 12.8 Å². The summed E-state index contributed by atoms with van der Waals surface area (Å²) >= 11 is 5.90. The molecule has 1 heterocycles. The number of nitro groups is 1. The number of anilines is 1. The number of nitrogens with one attached hydrogen (secondary N) is 1. The molecule has 118 valence electrons. The van der Waals surface area contributed by atoms with Crippen LogP contribution in [0.2, 0.25) is 5.02 Å². The summed E-state index contributed by atoms with van der Waals surface area (Å²) in [5, 5.41) is 22.1. The Morgan fingerprint density at radius 2 is 2.00 bits per heavy atom. The normalized spacial score (nSPS) is 15.4. The number of amides is 2. The number of hydrogen-bond donors (Lipinski definition) is 2. The highest BCUT2D eigenvalue weighted by atomic mass is 35.5. The number of hydrogen-bond acceptors (Lipinski definition) is 4. The van der Waals surface area contributed by atoms with E-state index in [1.54, 1.807) is 0 Å². The molecule has 2 rings (SSSR count). The highest BCUT2D eigenvalue weighted by molar-refractivity contribution is 6.35. The SMILES string of the molecule is O=C(O)C1CCN(C(=O)Nc2cccc([N+](=O)[O-])c2Cl)CC1. The van der Waals surface area contributed by atoms with Crippen molar-refractivity contribution >= 4 is 35.0 Å². The van der Waals surface area contributed by atoms with Gasteiger partial charge < -0.3 is 15.3 Å². The van der Waals surface area contributed by atoms with Crippen LogP contribution in [0.15, 0.2) is 18.2 Å². The van der Waals surface area contributed by atoms with Gasteiger partial charge in [-0.1, -0.05) is 17.7 Å². The first-order valence-electron chi connectivity index (χ1n) is 6.61. The van der Waals surface area contributed by atoms with Crippen LogP contribution >= 0.6 is 11.6 Å². The molecule has 2 N–H and O–H groups in total. The van der Waals surface area contributed by atoms with E-state index in [2.05, 4.69) is 5.32 Å². The maximum atomic E-state index is 12.1. The first kappa shape index (κ1) is 16.0. The van der Waals surface area contributed by atoms with Crippen molar-refractivity contribution in [2.24, 2.45) is 5.92 Å². The molecule has 1 saturated heterocycles. The number of likely N-dealkylation sites (tertiary alicyclic amines) is 1. The Balaban J connectivity index is 2.03. The van der Waals surface area contributed by atoms with Gasteiger partial charge in [0.05, 0.1) is 16.5 Å². The Morgan fingerprint density at radius 3 is 2.55 bits per heavy atom. The summed E-state index contributed by atoms with van der Waals surface area (Å²) in [4.78, 5) is 34.6. The predicted molar refractivity (Wildman–Crippen MR) is 79.1 cm³/mol. The van der Waals surface area contributed by atoms with E-state index in [1.165, 1.54) is 23.1 Å². The van der Waals surface area contributed by atoms with Gasteiger partial charge in [-0.3, -0.25) is 14.9 Å². The van der Waals surface area contributed by atoms with E-state index < -0.39 is 22.8 Å². The standard InChI is InChI=1S/C13H14ClN3O5/c14-11-9(2-1-3-10(11)17(21)22)15-13(20)16-6-4-8(5-7-16)12(18)19/h1-3,8H,4-7H2,(H,15,20)(H,18,19). The fraction of sp³-hybridized carbons (Fsp3) is 0.385. The van der Waals surface area contributed by atoms with E-state index in [-0.39, 0.29) is 16.4 Å². The van der Waals surface area contributed by atoms with Gasteiger partial charge in [-0.15, -0.1) is 0 Å². The number of urea groups is 1. The van der Waals surface area contributed by atoms with E-state index in [0.717, 1.165) is 0 Å². The lowest BCUT2D eigenvalue weighted by atomic mass is 9.97. The third-order valence-electron chi connectivity index (χ3n) is 3.55. The van der Waals surface area contributed by atoms with Gasteiger partial charge >= 0.3 is 12.0 Å². The Labute approximate surface area is 130 Å². The maximum absolute atomic E-state index is 12.1. The van der Waals surface area contributed by atoms with Crippen LogP contribution in [0.25, 0.3) is 0 Å². The van der Waals surface area contributed by atoms with Crippen molar-refractivity contribution in [3.63, 3.8) is 0 Å². The average Bonchev–Trinajstić information content (AvgIpc) is 2.49. The van der Waals surface area contributed by atoms with Crippen molar-refractivity contribution < 1.29 is 19.6 Å². The quantitative estimate of drug-likeness (QED) is 0.654. The van der Waals surface area contributed by atoms with Crippen molar-refractivity contribution in [1.29, 1.82) is 0 Å². The number of carboxylic acid groups (broad SMARTS) is 1. The zero-order chi connectivity index (χ0) is 16.3. The lowest BCUT2D eigenvalue weighted by Crippen LogP contribution is -2.42. The summed E-state index contributed by atoms with van der Waals surface area (Å²) in [5.41, 5.74) is -0.134. The molecule has 0 aromatic heterocycles. The second kappa shape index (κ2) is 6.61. The van der Waals surface area contributed by atoms with Crippen LogP contribution < -0.4 is 5.32 Å². The number of nitro benzene ring substituents is 1. The van der Waals surface area contributed by atoms with E-state index in [9.17, 15) is 19.7 Å². The van der Waals surface area contributed by atoms with E-state index >= 15 is 0 Å². The van der Waals surface area contributed by atoms with Gasteiger partial charge in [-0.25, -0.2) is 4.79 Å². The van der Waals surface area contributed by atoms with Crippen LogP contribution in [0.1, 0.15) is 12.8 Å². The predicted octanol–water partition coefficient (Wildman–Crippen LogP) is 2.58. The molecule has 1 fully saturated rings. The molecular weight excluding hydrogens is 314 g/mol. The highest BCUT2D eigenvalue weighted by Gasteiger charge is 2.27. The molecule has 0 atom stereocenters. The number of aliphatic carboxylic acids is 1. The Kier molecular flexibility index (Phi) is 4.81. The average molecular weight is 328 g/mol. The van der Waals surface area contributed by atoms with Gasteiger partial charge in [-0.2, -0.15) is 0 Å². The van der Waals surface area contributed by atoms with Gasteiger partial charge in [-0.05, 0) is 18.9 Å². The van der Waals surface area contributed by atoms with Gasteiger partial charge in [0.2, 0.25) is 0 Å². The smallest absolute Gasteiger partial charge is 0.321 e. The van der Waals surface area contributed by atoms with Crippen LogP contribution in [0.5, 0.6) is 0 Å². The minimum absolute atomic E-state index is 0.138. The molecule has 0 unspecified atom stereocenters. The molecule has 0 spiro atoms. The fourth-order valence-electron chi connectivity index (χ4n) is 2.28. The summed E-state index contributed by atoms with van der Waals surface area (Å²) in [5.74, 6) is -1.30. The topological polar surface area (TPSA) is 113 Å². The van der Waals surface area contributed by atoms with E-state index in [4.69, 9.17) is 16.7 Å². The minimum Gasteiger partial charge on any atom is -0.481 e. The summed E-state index contributed by atoms with van der Waals surface area (Å²) in [6.45, 7) is 0.630. The number of piperidine rings is 1. The third-order valence-corrected chi connectivity index (χ3v) is 3.95. The van der Waals surface area contributed by atoms with Crippen molar-refractivity contribution in [2.75, 3.05) is 18.4 Å². The summed E-state index contributed by atoms with van der Waals surface area (Å²) in [6.07, 6.45) is 0.761. The maximum Gasteiger partial charge on any atom is 0.321 e. The van der Waals surface area contributed by atoms with Crippen molar-refractivity contribution in [3.8, 4) is 0 Å². The molecule has 1 aliphatic heterocycles. The molecule has 22 heavy (non-hydrogen) atoms. The molecule has 2 amide bonds. The van der Waals surface area contributed by atoms with Crippen LogP contribution in [-0.4, -0.2) is 40.0 Å². The number of carboxylic acids is 1. The summed E-state index contributed by atoms with van der Waals surface area (Å²) in [6, 6.07) is 3.69. The molecule has 0 bridgehead atoms. The van der Waals surface area contributed by atoms with E-state index in [0.29, 0.717) is 25.9 Å². The first-order chi connectivity index (χ1) is 10.4. The Morgan fingerprint density at radius 1 is 1.36 bits per heavy atom. The van der Waals surface area contributed by atoms with Crippen LogP contribution in [-0.2, 0) is 4.79 Å². The molecule has 1 aromatic carbocycles. The van der Waals surface area contributed by atoms with E-state index in [1.807, 2.05) is 0 Å². The zero-order valence-corrected chi connectivity index (χ0v) is 12.2. The van der Waals surface area contributed by atoms with Crippen LogP contribution in [0.3, 0.4) is 0 Å². The number of halogens is 1. The molecular formula is C13H14ClN3O5. The second-order valence-corrected chi connectivity index (χ2v) is 5.30. The minimum atomic E-state index is -0.859. The molecule has 8 nitrogen and oxygen atoms in total. The Hall–Kier alpha value is -2.35. The first-order valence-corrected chi connectivity index (χ1v) is 6.99. The summed E-state index contributed by atoms with van der Waals surface area (Å²) in [7, 11) is 0. The lowest BCUT2D eigenvalue weighted by molar-refractivity contribution is -0.384. The largest absolute Gasteiger partial charge is 0.481 e. The highest BCUT2D eigenvalue weighted by Crippen LogP contribution is 2.31. The van der Waals surface area contributed by atoms with Crippen LogP contribution in [0, 0.1) is 16.0 Å². The molecule has 0 saturated carbocycles. The van der Waals surface area contributed by atoms with Gasteiger partial charge in [0.25, 0.3) is 5.69 Å². The number of rotatable bonds is 3. The monoisotopic (exact) mass is 327 g/mol. The molecule has 1 aromatic rings. The van der Waals surface area contributed by atoms with Crippen molar-refractivity contribution in [1.82, 2.24) is 4.90 Å². The van der Waals surface area contributed by atoms with Gasteiger partial charge in [0.1, 0.15) is 5.02 Å². The number of carbonyl (C=O) groups is 2. The van der Waals surface area contributed by atoms with Gasteiger partial charge in [0.15, 0.2) is 0 Å². The zero-order valence-electron chi connectivity index (χ0n) is 11.5. The molecule has 0 aliphatic carbocycles. The molecule has 9 heteroatoms. The second-order valence-electron chi connectivity index (χ2n) is 4.93. The van der Waals surface area contributed by atoms with Crippen LogP contribution in [0.4, 0.5) is 16.2 Å². The van der Waals surface area contributed by atoms with Crippen molar-refractivity contribution in [3.05, 3.63) is 33.3 Å². The third kappa shape index (κ3) is 3.45. The lowest BCUT2D eigenvalue weighted by Gasteiger charge is -2.30. The fourth-order valence-corrected chi connectivity index (χ4v) is 2.52.